The molecule has 10 heteroatoms. The van der Waals surface area contributed by atoms with E-state index in [1.54, 1.807) is 25.1 Å². The number of benzene rings is 2. The Morgan fingerprint density at radius 3 is 2.17 bits per heavy atom. The van der Waals surface area contributed by atoms with Gasteiger partial charge in [0, 0.05) is 10.0 Å². The number of nitrogens with zero attached hydrogens (tertiary/aromatic N) is 1. The van der Waals surface area contributed by atoms with Crippen molar-refractivity contribution in [2.24, 2.45) is 0 Å². The number of halogens is 2. The highest BCUT2D eigenvalue weighted by Gasteiger charge is 2.23. The number of amides is 1. The third kappa shape index (κ3) is 6.16. The molecule has 1 N–H and O–H groups in total. The molecule has 2 aromatic carbocycles. The van der Waals surface area contributed by atoms with Crippen molar-refractivity contribution in [2.45, 2.75) is 13.0 Å². The molecule has 2 aromatic rings. The first-order valence-electron chi connectivity index (χ1n) is 8.50. The van der Waals surface area contributed by atoms with Gasteiger partial charge in [0.2, 0.25) is 15.9 Å². The first-order chi connectivity index (χ1) is 13.5. The summed E-state index contributed by atoms with van der Waals surface area (Å²) in [6.45, 7) is 1.35. The highest BCUT2D eigenvalue weighted by molar-refractivity contribution is 7.92. The molecule has 0 spiro atoms. The lowest BCUT2D eigenvalue weighted by Gasteiger charge is -2.24. The number of nitrogens with one attached hydrogen (secondary N) is 1. The summed E-state index contributed by atoms with van der Waals surface area (Å²) in [5.74, 6) is 0.599. The van der Waals surface area contributed by atoms with E-state index in [1.165, 1.54) is 32.4 Å². The molecule has 0 aliphatic heterocycles. The van der Waals surface area contributed by atoms with Gasteiger partial charge >= 0.3 is 0 Å². The molecular weight excluding hydrogens is 439 g/mol. The van der Waals surface area contributed by atoms with Gasteiger partial charge in [-0.3, -0.25) is 9.10 Å². The third-order valence-corrected chi connectivity index (χ3v) is 5.68. The Labute approximate surface area is 180 Å². The van der Waals surface area contributed by atoms with Crippen LogP contribution in [0.5, 0.6) is 11.5 Å². The van der Waals surface area contributed by atoms with Crippen LogP contribution in [-0.4, -0.2) is 41.3 Å². The maximum absolute atomic E-state index is 12.6. The molecule has 29 heavy (non-hydrogen) atoms. The molecule has 0 aliphatic rings. The van der Waals surface area contributed by atoms with Gasteiger partial charge in [0.15, 0.2) is 11.5 Å². The van der Waals surface area contributed by atoms with Crippen molar-refractivity contribution in [3.05, 3.63) is 52.0 Å². The van der Waals surface area contributed by atoms with Gasteiger partial charge in [0.05, 0.1) is 32.2 Å². The molecule has 0 radical (unpaired) electrons. The lowest BCUT2D eigenvalue weighted by atomic mass is 10.1. The predicted molar refractivity (Wildman–Crippen MR) is 115 cm³/mol. The highest BCUT2D eigenvalue weighted by Crippen LogP contribution is 2.30. The van der Waals surface area contributed by atoms with Crippen molar-refractivity contribution in [3.8, 4) is 11.5 Å². The third-order valence-electron chi connectivity index (χ3n) is 4.11. The summed E-state index contributed by atoms with van der Waals surface area (Å²) >= 11 is 11.9. The van der Waals surface area contributed by atoms with Crippen molar-refractivity contribution in [1.29, 1.82) is 0 Å². The molecule has 0 bridgehead atoms. The Bertz CT molecular complexity index is 978. The number of methoxy groups -OCH3 is 2. The van der Waals surface area contributed by atoms with Crippen LogP contribution in [0.2, 0.25) is 10.0 Å². The second-order valence-corrected chi connectivity index (χ2v) is 9.08. The van der Waals surface area contributed by atoms with Crippen LogP contribution < -0.4 is 19.1 Å². The van der Waals surface area contributed by atoms with Crippen molar-refractivity contribution in [3.63, 3.8) is 0 Å². The topological polar surface area (TPSA) is 84.9 Å². The Kier molecular flexibility index (Phi) is 7.62. The SMILES string of the molecule is COc1ccc(C(C)NC(=O)CN(c2cc(Cl)cc(Cl)c2)S(C)(=O)=O)cc1OC. The van der Waals surface area contributed by atoms with E-state index >= 15 is 0 Å². The fourth-order valence-electron chi connectivity index (χ4n) is 2.71. The average molecular weight is 461 g/mol. The molecule has 0 aromatic heterocycles. The number of ether oxygens (including phenoxy) is 2. The number of carbonyl (C=O) groups is 1. The van der Waals surface area contributed by atoms with Crippen LogP contribution in [0.3, 0.4) is 0 Å². The number of anilines is 1. The summed E-state index contributed by atoms with van der Waals surface area (Å²) in [5, 5.41) is 3.31. The summed E-state index contributed by atoms with van der Waals surface area (Å²) in [4.78, 5) is 12.6. The van der Waals surface area contributed by atoms with Gasteiger partial charge in [-0.15, -0.1) is 0 Å². The van der Waals surface area contributed by atoms with Crippen LogP contribution in [0.4, 0.5) is 5.69 Å². The van der Waals surface area contributed by atoms with E-state index in [0.29, 0.717) is 11.5 Å². The number of sulfonamides is 1. The zero-order valence-corrected chi connectivity index (χ0v) is 18.7. The summed E-state index contributed by atoms with van der Waals surface area (Å²) < 4.78 is 35.9. The summed E-state index contributed by atoms with van der Waals surface area (Å²) in [7, 11) is -0.697. The molecule has 0 saturated heterocycles. The second kappa shape index (κ2) is 9.56. The molecule has 0 aliphatic carbocycles. The number of hydrogen-bond acceptors (Lipinski definition) is 5. The second-order valence-electron chi connectivity index (χ2n) is 6.30. The van der Waals surface area contributed by atoms with Crippen LogP contribution in [0.15, 0.2) is 36.4 Å². The molecular formula is C19H22Cl2N2O5S. The minimum atomic E-state index is -3.75. The fourth-order valence-corrected chi connectivity index (χ4v) is 4.06. The monoisotopic (exact) mass is 460 g/mol. The maximum atomic E-state index is 12.6. The highest BCUT2D eigenvalue weighted by atomic mass is 35.5. The minimum absolute atomic E-state index is 0.207. The lowest BCUT2D eigenvalue weighted by molar-refractivity contribution is -0.120. The summed E-state index contributed by atoms with van der Waals surface area (Å²) in [6.07, 6.45) is 1.01. The van der Waals surface area contributed by atoms with E-state index in [2.05, 4.69) is 5.32 Å². The Balaban J connectivity index is 2.20. The van der Waals surface area contributed by atoms with E-state index in [1.807, 2.05) is 0 Å². The van der Waals surface area contributed by atoms with E-state index in [9.17, 15) is 13.2 Å². The number of rotatable bonds is 8. The molecule has 1 unspecified atom stereocenters. The number of hydrogen-bond donors (Lipinski definition) is 1. The van der Waals surface area contributed by atoms with Gasteiger partial charge in [-0.25, -0.2) is 8.42 Å². The van der Waals surface area contributed by atoms with Crippen molar-refractivity contribution >= 4 is 44.8 Å². The summed E-state index contributed by atoms with van der Waals surface area (Å²) in [6, 6.07) is 9.21. The van der Waals surface area contributed by atoms with Gasteiger partial charge in [0.1, 0.15) is 6.54 Å². The fraction of sp³-hybridized carbons (Fsp3) is 0.316. The Hall–Kier alpha value is -2.16. The molecule has 158 valence electrons. The van der Waals surface area contributed by atoms with Gasteiger partial charge in [-0.1, -0.05) is 29.3 Å². The zero-order chi connectivity index (χ0) is 21.8. The van der Waals surface area contributed by atoms with Crippen LogP contribution in [0.1, 0.15) is 18.5 Å². The first-order valence-corrected chi connectivity index (χ1v) is 11.1. The summed E-state index contributed by atoms with van der Waals surface area (Å²) in [5.41, 5.74) is 0.978. The molecule has 0 fully saturated rings. The van der Waals surface area contributed by atoms with Gasteiger partial charge in [-0.2, -0.15) is 0 Å². The predicted octanol–water partition coefficient (Wildman–Crippen LogP) is 3.65. The molecule has 1 atom stereocenters. The molecule has 0 heterocycles. The lowest BCUT2D eigenvalue weighted by Crippen LogP contribution is -2.41. The van der Waals surface area contributed by atoms with Gasteiger partial charge in [0.25, 0.3) is 0 Å². The standard InChI is InChI=1S/C19H22Cl2N2O5S/c1-12(13-5-6-17(27-2)18(7-13)28-3)22-19(24)11-23(29(4,25)26)16-9-14(20)8-15(21)10-16/h5-10,12H,11H2,1-4H3,(H,22,24). The van der Waals surface area contributed by atoms with Crippen LogP contribution in [0.25, 0.3) is 0 Å². The van der Waals surface area contributed by atoms with Crippen molar-refractivity contribution in [1.82, 2.24) is 5.32 Å². The quantitative estimate of drug-likeness (QED) is 0.649. The van der Waals surface area contributed by atoms with Crippen molar-refractivity contribution < 1.29 is 22.7 Å². The van der Waals surface area contributed by atoms with Crippen LogP contribution in [-0.2, 0) is 14.8 Å². The average Bonchev–Trinajstić information content (AvgIpc) is 2.63. The van der Waals surface area contributed by atoms with Gasteiger partial charge < -0.3 is 14.8 Å². The normalized spacial score (nSPS) is 12.2. The molecule has 1 amide bonds. The molecule has 0 saturated carbocycles. The largest absolute Gasteiger partial charge is 0.493 e. The van der Waals surface area contributed by atoms with E-state index in [4.69, 9.17) is 32.7 Å². The maximum Gasteiger partial charge on any atom is 0.241 e. The minimum Gasteiger partial charge on any atom is -0.493 e. The van der Waals surface area contributed by atoms with Crippen LogP contribution in [0, 0.1) is 0 Å². The number of carbonyl (C=O) groups excluding carboxylic acids is 1. The molecule has 2 rings (SSSR count). The zero-order valence-electron chi connectivity index (χ0n) is 16.4. The first kappa shape index (κ1) is 23.1. The Morgan fingerprint density at radius 1 is 1.07 bits per heavy atom. The van der Waals surface area contributed by atoms with Gasteiger partial charge in [-0.05, 0) is 42.8 Å². The van der Waals surface area contributed by atoms with E-state index in [-0.39, 0.29) is 15.7 Å². The Morgan fingerprint density at radius 2 is 1.66 bits per heavy atom. The van der Waals surface area contributed by atoms with E-state index < -0.39 is 28.5 Å². The van der Waals surface area contributed by atoms with Crippen LogP contribution >= 0.6 is 23.2 Å². The molecule has 7 nitrogen and oxygen atoms in total. The van der Waals surface area contributed by atoms with Crippen molar-refractivity contribution in [2.75, 3.05) is 31.3 Å². The van der Waals surface area contributed by atoms with E-state index in [0.717, 1.165) is 16.1 Å². The smallest absolute Gasteiger partial charge is 0.241 e.